The maximum Gasteiger partial charge on any atom is 0.247 e. The first-order chi connectivity index (χ1) is 15.9. The number of hydrogen-bond donors (Lipinski definition) is 3. The van der Waals surface area contributed by atoms with Gasteiger partial charge in [0, 0.05) is 43.5 Å². The van der Waals surface area contributed by atoms with E-state index in [4.69, 9.17) is 14.6 Å². The lowest BCUT2D eigenvalue weighted by atomic mass is 9.77. The number of fused-ring (bicyclic) bond motifs is 3. The monoisotopic (exact) mass is 458 g/mol. The molecule has 0 spiro atoms. The molecule has 3 N–H and O–H groups in total. The lowest BCUT2D eigenvalue weighted by molar-refractivity contribution is -0.132. The third-order valence-corrected chi connectivity index (χ3v) is 5.82. The van der Waals surface area contributed by atoms with Gasteiger partial charge < -0.3 is 29.9 Å². The van der Waals surface area contributed by atoms with Crippen LogP contribution in [0.25, 0.3) is 0 Å². The fraction of sp³-hybridized carbons (Fsp3) is 0.520. The van der Waals surface area contributed by atoms with Crippen LogP contribution < -0.4 is 10.1 Å². The van der Waals surface area contributed by atoms with Crippen molar-refractivity contribution in [2.45, 2.75) is 51.4 Å². The predicted molar refractivity (Wildman–Crippen MR) is 124 cm³/mol. The normalized spacial score (nSPS) is 23.0. The number of nitrogens with zero attached hydrogens (tertiary/aromatic N) is 1. The number of aliphatic hydroxyl groups is 2. The Morgan fingerprint density at radius 2 is 2.03 bits per heavy atom. The molecule has 8 nitrogen and oxygen atoms in total. The molecular formula is C25H34N2O6. The second kappa shape index (κ2) is 11.4. The average Bonchev–Trinajstić information content (AvgIpc) is 3.18. The van der Waals surface area contributed by atoms with Crippen molar-refractivity contribution in [3.8, 4) is 5.75 Å². The lowest BCUT2D eigenvalue weighted by Gasteiger charge is -2.40. The Morgan fingerprint density at radius 3 is 2.73 bits per heavy atom. The highest BCUT2D eigenvalue weighted by molar-refractivity contribution is 5.96. The van der Waals surface area contributed by atoms with Gasteiger partial charge in [-0.25, -0.2) is 0 Å². The topological polar surface area (TPSA) is 108 Å². The number of carbonyl (C=O) groups excluding carboxylic acids is 2. The Kier molecular flexibility index (Phi) is 8.66. The van der Waals surface area contributed by atoms with Crippen LogP contribution in [0.1, 0.15) is 38.7 Å². The van der Waals surface area contributed by atoms with Gasteiger partial charge in [0.15, 0.2) is 0 Å². The van der Waals surface area contributed by atoms with Gasteiger partial charge in [-0.05, 0) is 39.3 Å². The van der Waals surface area contributed by atoms with E-state index >= 15 is 0 Å². The Hall–Kier alpha value is -2.68. The molecule has 1 aliphatic carbocycles. The van der Waals surface area contributed by atoms with Gasteiger partial charge in [0.05, 0.1) is 18.6 Å². The molecule has 1 heterocycles. The summed E-state index contributed by atoms with van der Waals surface area (Å²) in [4.78, 5) is 27.8. The number of aliphatic hydroxyl groups excluding tert-OH is 2. The van der Waals surface area contributed by atoms with Crippen molar-refractivity contribution >= 4 is 11.8 Å². The summed E-state index contributed by atoms with van der Waals surface area (Å²) in [6.07, 6.45) is 2.07. The lowest BCUT2D eigenvalue weighted by Crippen LogP contribution is -2.55. The third kappa shape index (κ3) is 5.63. The van der Waals surface area contributed by atoms with Gasteiger partial charge in [-0.15, -0.1) is 0 Å². The SMILES string of the molecule is CCOCCCN(C(=O)C=C(C)C)C1C=C(C(=O)NCCO)C2c3ccccc3OC2C1O. The summed E-state index contributed by atoms with van der Waals surface area (Å²) in [6, 6.07) is 6.65. The quantitative estimate of drug-likeness (QED) is 0.363. The molecule has 0 bridgehead atoms. The van der Waals surface area contributed by atoms with E-state index in [1.807, 2.05) is 45.0 Å². The summed E-state index contributed by atoms with van der Waals surface area (Å²) in [5, 5.41) is 23.2. The Morgan fingerprint density at radius 1 is 1.27 bits per heavy atom. The molecule has 3 rings (SSSR count). The van der Waals surface area contributed by atoms with E-state index in [-0.39, 0.29) is 25.0 Å². The van der Waals surface area contributed by atoms with Crippen molar-refractivity contribution in [1.82, 2.24) is 10.2 Å². The van der Waals surface area contributed by atoms with E-state index in [0.29, 0.717) is 37.5 Å². The van der Waals surface area contributed by atoms with Crippen LogP contribution in [0.5, 0.6) is 5.75 Å². The van der Waals surface area contributed by atoms with E-state index < -0.39 is 24.2 Å². The van der Waals surface area contributed by atoms with Crippen LogP contribution in [0.3, 0.4) is 0 Å². The minimum atomic E-state index is -1.03. The Bertz CT molecular complexity index is 908. The molecular weight excluding hydrogens is 424 g/mol. The molecule has 1 aromatic rings. The van der Waals surface area contributed by atoms with E-state index in [2.05, 4.69) is 5.32 Å². The van der Waals surface area contributed by atoms with Crippen LogP contribution in [0.2, 0.25) is 0 Å². The van der Waals surface area contributed by atoms with Gasteiger partial charge in [-0.1, -0.05) is 23.8 Å². The molecule has 0 radical (unpaired) electrons. The Balaban J connectivity index is 1.99. The van der Waals surface area contributed by atoms with E-state index in [9.17, 15) is 14.7 Å². The molecule has 0 fully saturated rings. The second-order valence-electron chi connectivity index (χ2n) is 8.48. The zero-order valence-corrected chi connectivity index (χ0v) is 19.5. The first-order valence-electron chi connectivity index (χ1n) is 11.5. The van der Waals surface area contributed by atoms with E-state index in [0.717, 1.165) is 11.1 Å². The molecule has 1 aliphatic heterocycles. The predicted octanol–water partition coefficient (Wildman–Crippen LogP) is 1.53. The molecule has 33 heavy (non-hydrogen) atoms. The highest BCUT2D eigenvalue weighted by Gasteiger charge is 2.50. The maximum absolute atomic E-state index is 13.1. The van der Waals surface area contributed by atoms with Crippen LogP contribution in [0.4, 0.5) is 0 Å². The van der Waals surface area contributed by atoms with Crippen molar-refractivity contribution in [3.63, 3.8) is 0 Å². The molecule has 0 aromatic heterocycles. The number of hydrogen-bond acceptors (Lipinski definition) is 6. The molecule has 8 heteroatoms. The smallest absolute Gasteiger partial charge is 0.247 e. The molecule has 1 aromatic carbocycles. The van der Waals surface area contributed by atoms with Gasteiger partial charge in [-0.2, -0.15) is 0 Å². The average molecular weight is 459 g/mol. The number of nitrogens with one attached hydrogen (secondary N) is 1. The van der Waals surface area contributed by atoms with Gasteiger partial charge >= 0.3 is 0 Å². The fourth-order valence-corrected chi connectivity index (χ4v) is 4.41. The van der Waals surface area contributed by atoms with E-state index in [1.165, 1.54) is 6.08 Å². The number of allylic oxidation sites excluding steroid dienone is 1. The van der Waals surface area contributed by atoms with Crippen LogP contribution in [-0.2, 0) is 14.3 Å². The van der Waals surface area contributed by atoms with Crippen molar-refractivity contribution in [3.05, 3.63) is 53.1 Å². The summed E-state index contributed by atoms with van der Waals surface area (Å²) in [5.41, 5.74) is 2.09. The summed E-state index contributed by atoms with van der Waals surface area (Å²) < 4.78 is 11.5. The van der Waals surface area contributed by atoms with Crippen LogP contribution >= 0.6 is 0 Å². The molecule has 180 valence electrons. The second-order valence-corrected chi connectivity index (χ2v) is 8.48. The van der Waals surface area contributed by atoms with Crippen LogP contribution in [0.15, 0.2) is 47.6 Å². The summed E-state index contributed by atoms with van der Waals surface area (Å²) in [6.45, 7) is 6.93. The van der Waals surface area contributed by atoms with Crippen molar-refractivity contribution in [2.24, 2.45) is 0 Å². The molecule has 4 atom stereocenters. The van der Waals surface area contributed by atoms with Gasteiger partial charge in [0.25, 0.3) is 0 Å². The van der Waals surface area contributed by atoms with E-state index in [1.54, 1.807) is 11.0 Å². The summed E-state index contributed by atoms with van der Waals surface area (Å²) in [7, 11) is 0. The molecule has 4 unspecified atom stereocenters. The summed E-state index contributed by atoms with van der Waals surface area (Å²) in [5.74, 6) is -0.433. The fourth-order valence-electron chi connectivity index (χ4n) is 4.41. The molecule has 2 aliphatic rings. The zero-order valence-electron chi connectivity index (χ0n) is 19.5. The van der Waals surface area contributed by atoms with Gasteiger partial charge in [-0.3, -0.25) is 9.59 Å². The molecule has 0 saturated carbocycles. The van der Waals surface area contributed by atoms with Crippen molar-refractivity contribution < 1.29 is 29.3 Å². The highest BCUT2D eigenvalue weighted by Crippen LogP contribution is 2.47. The minimum absolute atomic E-state index is 0.109. The number of para-hydroxylation sites is 1. The van der Waals surface area contributed by atoms with Crippen molar-refractivity contribution in [2.75, 3.05) is 32.9 Å². The first-order valence-corrected chi connectivity index (χ1v) is 11.5. The number of carbonyl (C=O) groups is 2. The Labute approximate surface area is 194 Å². The number of ether oxygens (including phenoxy) is 2. The number of benzene rings is 1. The number of rotatable bonds is 10. The zero-order chi connectivity index (χ0) is 24.0. The third-order valence-electron chi connectivity index (χ3n) is 5.82. The largest absolute Gasteiger partial charge is 0.486 e. The van der Waals surface area contributed by atoms with Crippen LogP contribution in [0, 0.1) is 0 Å². The first kappa shape index (κ1) is 25.0. The highest BCUT2D eigenvalue weighted by atomic mass is 16.5. The van der Waals surface area contributed by atoms with Gasteiger partial charge in [0.2, 0.25) is 11.8 Å². The minimum Gasteiger partial charge on any atom is -0.486 e. The maximum atomic E-state index is 13.1. The number of amides is 2. The van der Waals surface area contributed by atoms with Crippen molar-refractivity contribution in [1.29, 1.82) is 0 Å². The van der Waals surface area contributed by atoms with Crippen LogP contribution in [-0.4, -0.2) is 78.1 Å². The standard InChI is InChI=1S/C25H34N2O6/c1-4-32-13-7-11-27(21(29)14-16(2)3)19-15-18(25(31)26-10-12-28)22-17-8-5-6-9-20(17)33-24(22)23(19)30/h5-6,8-9,14-15,19,22-24,28,30H,4,7,10-13H2,1-3H3,(H,26,31). The van der Waals surface area contributed by atoms with Gasteiger partial charge in [0.1, 0.15) is 18.0 Å². The molecule has 0 saturated heterocycles. The molecule has 2 amide bonds. The summed E-state index contributed by atoms with van der Waals surface area (Å²) >= 11 is 0.